The van der Waals surface area contributed by atoms with Gasteiger partial charge in [0, 0.05) is 17.2 Å². The van der Waals surface area contributed by atoms with Crippen LogP contribution in [0, 0.1) is 5.82 Å². The van der Waals surface area contributed by atoms with Crippen molar-refractivity contribution in [3.63, 3.8) is 0 Å². The van der Waals surface area contributed by atoms with Crippen LogP contribution in [0.15, 0.2) is 48.5 Å². The minimum Gasteiger partial charge on any atom is -0.478 e. The predicted molar refractivity (Wildman–Crippen MR) is 73.5 cm³/mol. The summed E-state index contributed by atoms with van der Waals surface area (Å²) in [7, 11) is 0. The standard InChI is InChI=1S/C16H10F4O2/c17-15-11(6-9-14(21)22)2-1-3-13(15)10-4-7-12(8-5-10)16(18,19)20/h1-9H,(H,21,22)/b9-6+. The first-order chi connectivity index (χ1) is 10.3. The number of aliphatic carboxylic acids is 1. The van der Waals surface area contributed by atoms with E-state index in [2.05, 4.69) is 0 Å². The van der Waals surface area contributed by atoms with E-state index < -0.39 is 23.5 Å². The van der Waals surface area contributed by atoms with Gasteiger partial charge in [0.1, 0.15) is 5.82 Å². The summed E-state index contributed by atoms with van der Waals surface area (Å²) in [5, 5.41) is 8.54. The average molecular weight is 310 g/mol. The number of carboxylic acids is 1. The Bertz CT molecular complexity index is 716. The molecule has 0 fully saturated rings. The molecule has 2 aromatic carbocycles. The van der Waals surface area contributed by atoms with E-state index in [0.717, 1.165) is 24.3 Å². The normalized spacial score (nSPS) is 11.8. The number of hydrogen-bond acceptors (Lipinski definition) is 1. The first-order valence-corrected chi connectivity index (χ1v) is 6.16. The summed E-state index contributed by atoms with van der Waals surface area (Å²) in [5.74, 6) is -1.92. The summed E-state index contributed by atoms with van der Waals surface area (Å²) in [6.07, 6.45) is -2.58. The molecule has 114 valence electrons. The van der Waals surface area contributed by atoms with E-state index in [0.29, 0.717) is 0 Å². The number of benzene rings is 2. The molecule has 2 rings (SSSR count). The van der Waals surface area contributed by atoms with Gasteiger partial charge in [-0.15, -0.1) is 0 Å². The maximum Gasteiger partial charge on any atom is 0.416 e. The van der Waals surface area contributed by atoms with Crippen molar-refractivity contribution in [2.45, 2.75) is 6.18 Å². The van der Waals surface area contributed by atoms with Gasteiger partial charge in [0.15, 0.2) is 0 Å². The van der Waals surface area contributed by atoms with Gasteiger partial charge in [-0.1, -0.05) is 30.3 Å². The Kier molecular flexibility index (Phi) is 4.30. The maximum absolute atomic E-state index is 14.3. The molecule has 0 heterocycles. The Morgan fingerprint density at radius 2 is 1.68 bits per heavy atom. The smallest absolute Gasteiger partial charge is 0.416 e. The lowest BCUT2D eigenvalue weighted by atomic mass is 10.0. The quantitative estimate of drug-likeness (QED) is 0.664. The SMILES string of the molecule is O=C(O)/C=C/c1cccc(-c2ccc(C(F)(F)F)cc2)c1F. The van der Waals surface area contributed by atoms with Crippen LogP contribution >= 0.6 is 0 Å². The highest BCUT2D eigenvalue weighted by Crippen LogP contribution is 2.32. The van der Waals surface area contributed by atoms with Crippen LogP contribution in [0.1, 0.15) is 11.1 Å². The Morgan fingerprint density at radius 3 is 2.23 bits per heavy atom. The molecule has 0 aromatic heterocycles. The minimum absolute atomic E-state index is 0.0415. The highest BCUT2D eigenvalue weighted by Gasteiger charge is 2.30. The number of carbonyl (C=O) groups is 1. The highest BCUT2D eigenvalue weighted by atomic mass is 19.4. The second-order valence-corrected chi connectivity index (χ2v) is 4.46. The second-order valence-electron chi connectivity index (χ2n) is 4.46. The van der Waals surface area contributed by atoms with Gasteiger partial charge < -0.3 is 5.11 Å². The molecule has 0 unspecified atom stereocenters. The van der Waals surface area contributed by atoms with E-state index in [1.165, 1.54) is 30.3 Å². The van der Waals surface area contributed by atoms with Gasteiger partial charge in [-0.25, -0.2) is 9.18 Å². The van der Waals surface area contributed by atoms with Crippen molar-refractivity contribution in [2.24, 2.45) is 0 Å². The third-order valence-electron chi connectivity index (χ3n) is 2.96. The molecule has 1 N–H and O–H groups in total. The minimum atomic E-state index is -4.46. The molecule has 0 atom stereocenters. The molecule has 0 amide bonds. The van der Waals surface area contributed by atoms with Crippen molar-refractivity contribution < 1.29 is 27.5 Å². The highest BCUT2D eigenvalue weighted by molar-refractivity contribution is 5.85. The molecule has 2 aromatic rings. The Balaban J connectivity index is 2.41. The van der Waals surface area contributed by atoms with E-state index in [-0.39, 0.29) is 16.7 Å². The van der Waals surface area contributed by atoms with Crippen LogP contribution in [-0.2, 0) is 11.0 Å². The molecule has 6 heteroatoms. The fourth-order valence-electron chi connectivity index (χ4n) is 1.90. The summed E-state index contributed by atoms with van der Waals surface area (Å²) < 4.78 is 51.8. The number of halogens is 4. The van der Waals surface area contributed by atoms with E-state index in [4.69, 9.17) is 5.11 Å². The van der Waals surface area contributed by atoms with Crippen molar-refractivity contribution in [2.75, 3.05) is 0 Å². The first-order valence-electron chi connectivity index (χ1n) is 6.16. The molecule has 0 aliphatic heterocycles. The van der Waals surface area contributed by atoms with Crippen LogP contribution in [0.5, 0.6) is 0 Å². The largest absolute Gasteiger partial charge is 0.478 e. The number of hydrogen-bond donors (Lipinski definition) is 1. The molecule has 0 saturated carbocycles. The molecule has 0 saturated heterocycles. The molecular formula is C16H10F4O2. The van der Waals surface area contributed by atoms with Gasteiger partial charge in [0.05, 0.1) is 5.56 Å². The second kappa shape index (κ2) is 6.01. The molecule has 0 spiro atoms. The van der Waals surface area contributed by atoms with E-state index >= 15 is 0 Å². The lowest BCUT2D eigenvalue weighted by Crippen LogP contribution is -2.04. The van der Waals surface area contributed by atoms with Crippen LogP contribution in [0.4, 0.5) is 17.6 Å². The van der Waals surface area contributed by atoms with Gasteiger partial charge in [-0.05, 0) is 23.8 Å². The van der Waals surface area contributed by atoms with Crippen LogP contribution in [0.25, 0.3) is 17.2 Å². The zero-order valence-corrected chi connectivity index (χ0v) is 11.1. The zero-order valence-electron chi connectivity index (χ0n) is 11.1. The fraction of sp³-hybridized carbons (Fsp3) is 0.0625. The molecule has 0 aliphatic rings. The number of rotatable bonds is 3. The van der Waals surface area contributed by atoms with Crippen molar-refractivity contribution >= 4 is 12.0 Å². The van der Waals surface area contributed by atoms with Gasteiger partial charge in [-0.2, -0.15) is 13.2 Å². The summed E-state index contributed by atoms with van der Waals surface area (Å²) >= 11 is 0. The fourth-order valence-corrected chi connectivity index (χ4v) is 1.90. The summed E-state index contributed by atoms with van der Waals surface area (Å²) in [6.45, 7) is 0. The lowest BCUT2D eigenvalue weighted by molar-refractivity contribution is -0.137. The molecule has 0 radical (unpaired) electrons. The third kappa shape index (κ3) is 3.52. The van der Waals surface area contributed by atoms with Crippen LogP contribution in [0.3, 0.4) is 0 Å². The van der Waals surface area contributed by atoms with Gasteiger partial charge in [0.2, 0.25) is 0 Å². The van der Waals surface area contributed by atoms with Crippen LogP contribution < -0.4 is 0 Å². The molecule has 0 bridgehead atoms. The predicted octanol–water partition coefficient (Wildman–Crippen LogP) is 4.61. The van der Waals surface area contributed by atoms with E-state index in [1.54, 1.807) is 0 Å². The van der Waals surface area contributed by atoms with E-state index in [9.17, 15) is 22.4 Å². The van der Waals surface area contributed by atoms with Crippen molar-refractivity contribution in [1.29, 1.82) is 0 Å². The molecular weight excluding hydrogens is 300 g/mol. The van der Waals surface area contributed by atoms with Crippen molar-refractivity contribution in [1.82, 2.24) is 0 Å². The maximum atomic E-state index is 14.3. The first kappa shape index (κ1) is 15.8. The van der Waals surface area contributed by atoms with Gasteiger partial charge in [-0.3, -0.25) is 0 Å². The van der Waals surface area contributed by atoms with E-state index in [1.807, 2.05) is 0 Å². The summed E-state index contributed by atoms with van der Waals surface area (Å²) in [4.78, 5) is 10.5. The summed E-state index contributed by atoms with van der Waals surface area (Å²) in [5.41, 5.74) is -0.407. The zero-order chi connectivity index (χ0) is 16.3. The summed E-state index contributed by atoms with van der Waals surface area (Å²) in [6, 6.07) is 8.37. The average Bonchev–Trinajstić information content (AvgIpc) is 2.45. The van der Waals surface area contributed by atoms with Gasteiger partial charge in [0.25, 0.3) is 0 Å². The monoisotopic (exact) mass is 310 g/mol. The topological polar surface area (TPSA) is 37.3 Å². The third-order valence-corrected chi connectivity index (χ3v) is 2.96. The Morgan fingerprint density at radius 1 is 1.05 bits per heavy atom. The van der Waals surface area contributed by atoms with Crippen LogP contribution in [-0.4, -0.2) is 11.1 Å². The molecule has 0 aliphatic carbocycles. The van der Waals surface area contributed by atoms with Crippen molar-refractivity contribution in [3.8, 4) is 11.1 Å². The Hall–Kier alpha value is -2.63. The number of alkyl halides is 3. The Labute approximate surface area is 123 Å². The van der Waals surface area contributed by atoms with Crippen molar-refractivity contribution in [3.05, 3.63) is 65.5 Å². The van der Waals surface area contributed by atoms with Gasteiger partial charge >= 0.3 is 12.1 Å². The molecule has 2 nitrogen and oxygen atoms in total. The molecule has 22 heavy (non-hydrogen) atoms. The lowest BCUT2D eigenvalue weighted by Gasteiger charge is -2.09. The van der Waals surface area contributed by atoms with Crippen LogP contribution in [0.2, 0.25) is 0 Å². The number of carboxylic acid groups (broad SMARTS) is 1.